The van der Waals surface area contributed by atoms with E-state index in [1.807, 2.05) is 66.0 Å². The van der Waals surface area contributed by atoms with Gasteiger partial charge in [0, 0.05) is 10.4 Å². The number of hydrogen-bond acceptors (Lipinski definition) is 7. The van der Waals surface area contributed by atoms with Crippen molar-refractivity contribution in [2.24, 2.45) is 0 Å². The lowest BCUT2D eigenvalue weighted by molar-refractivity contribution is 0.423. The Bertz CT molecular complexity index is 1720. The number of hydrogen-bond donors (Lipinski definition) is 0. The molecule has 0 saturated carbocycles. The molecule has 8 heteroatoms. The van der Waals surface area contributed by atoms with Crippen LogP contribution in [-0.4, -0.2) is 19.6 Å². The molecular weight excluding hydrogens is 436 g/mol. The summed E-state index contributed by atoms with van der Waals surface area (Å²) in [6.45, 7) is 0. The van der Waals surface area contributed by atoms with Crippen molar-refractivity contribution in [3.05, 3.63) is 105 Å². The van der Waals surface area contributed by atoms with Gasteiger partial charge in [-0.2, -0.15) is 0 Å². The van der Waals surface area contributed by atoms with Crippen molar-refractivity contribution in [1.29, 1.82) is 0 Å². The highest BCUT2D eigenvalue weighted by Crippen LogP contribution is 2.49. The topological polar surface area (TPSA) is 82.5 Å². The number of aromatic nitrogens is 4. The van der Waals surface area contributed by atoms with Crippen LogP contribution in [0, 0.1) is 0 Å². The van der Waals surface area contributed by atoms with Crippen molar-refractivity contribution in [1.82, 2.24) is 19.6 Å². The molecule has 7 nitrogen and oxygen atoms in total. The smallest absolute Gasteiger partial charge is 0.344 e. The van der Waals surface area contributed by atoms with E-state index in [2.05, 4.69) is 10.1 Å². The standard InChI is InChI=1S/C25H14N4O3S/c30-25-19-18(17-11-6-12-33-17)20-23-27-22(14-7-2-1-3-8-14)28-29(23)13-26-24(20)32-21(19)15-9-4-5-10-16(15)31-25/h1-13,18H. The molecule has 1 unspecified atom stereocenters. The molecule has 158 valence electrons. The lowest BCUT2D eigenvalue weighted by Crippen LogP contribution is -2.21. The minimum Gasteiger partial charge on any atom is -0.437 e. The van der Waals surface area contributed by atoms with Gasteiger partial charge in [0.2, 0.25) is 5.88 Å². The van der Waals surface area contributed by atoms with Crippen molar-refractivity contribution in [3.8, 4) is 23.0 Å². The zero-order chi connectivity index (χ0) is 21.9. The molecule has 0 spiro atoms. The monoisotopic (exact) mass is 450 g/mol. The van der Waals surface area contributed by atoms with E-state index < -0.39 is 11.5 Å². The van der Waals surface area contributed by atoms with Gasteiger partial charge in [-0.25, -0.2) is 19.3 Å². The van der Waals surface area contributed by atoms with E-state index in [1.54, 1.807) is 28.2 Å². The second-order valence-electron chi connectivity index (χ2n) is 7.71. The predicted molar refractivity (Wildman–Crippen MR) is 124 cm³/mol. The third kappa shape index (κ3) is 2.68. The molecule has 2 aromatic carbocycles. The van der Waals surface area contributed by atoms with E-state index in [0.29, 0.717) is 39.8 Å². The SMILES string of the molecule is O=c1oc2ccccc2c2c1C(c1cccs1)c1c(ncn3nc(-c4ccccc4)nc13)O2. The highest BCUT2D eigenvalue weighted by atomic mass is 32.1. The Labute approximate surface area is 190 Å². The molecule has 1 aliphatic rings. The van der Waals surface area contributed by atoms with Crippen LogP contribution in [0.25, 0.3) is 28.0 Å². The van der Waals surface area contributed by atoms with E-state index in [9.17, 15) is 4.79 Å². The summed E-state index contributed by atoms with van der Waals surface area (Å²) in [4.78, 5) is 23.6. The third-order valence-corrected chi connectivity index (χ3v) is 6.76. The average Bonchev–Trinajstić information content (AvgIpc) is 3.54. The summed E-state index contributed by atoms with van der Waals surface area (Å²) in [5.74, 6) is 1.03. The zero-order valence-corrected chi connectivity index (χ0v) is 17.8. The van der Waals surface area contributed by atoms with E-state index >= 15 is 0 Å². The van der Waals surface area contributed by atoms with Gasteiger partial charge in [-0.15, -0.1) is 16.4 Å². The van der Waals surface area contributed by atoms with Crippen LogP contribution in [0.2, 0.25) is 0 Å². The number of nitrogens with zero attached hydrogens (tertiary/aromatic N) is 4. The first-order chi connectivity index (χ1) is 16.3. The molecule has 0 aliphatic carbocycles. The predicted octanol–water partition coefficient (Wildman–Crippen LogP) is 5.25. The molecule has 1 aliphatic heterocycles. The summed E-state index contributed by atoms with van der Waals surface area (Å²) in [5.41, 5.74) is 2.68. The molecule has 4 aromatic heterocycles. The van der Waals surface area contributed by atoms with E-state index in [-0.39, 0.29) is 0 Å². The van der Waals surface area contributed by atoms with Crippen LogP contribution < -0.4 is 10.4 Å². The molecule has 0 fully saturated rings. The van der Waals surface area contributed by atoms with Crippen molar-refractivity contribution < 1.29 is 9.15 Å². The van der Waals surface area contributed by atoms with Crippen LogP contribution in [0.15, 0.2) is 87.6 Å². The Kier molecular flexibility index (Phi) is 3.80. The van der Waals surface area contributed by atoms with Gasteiger partial charge in [0.15, 0.2) is 17.2 Å². The molecule has 33 heavy (non-hydrogen) atoms. The van der Waals surface area contributed by atoms with E-state index in [0.717, 1.165) is 15.8 Å². The van der Waals surface area contributed by atoms with Crippen LogP contribution in [0.5, 0.6) is 11.6 Å². The van der Waals surface area contributed by atoms with Gasteiger partial charge in [-0.1, -0.05) is 48.5 Å². The second kappa shape index (κ2) is 6.85. The summed E-state index contributed by atoms with van der Waals surface area (Å²) in [5, 5.41) is 7.34. The number of fused-ring (bicyclic) bond motifs is 6. The van der Waals surface area contributed by atoms with Crippen molar-refractivity contribution in [2.75, 3.05) is 0 Å². The fraction of sp³-hybridized carbons (Fsp3) is 0.0400. The molecule has 1 atom stereocenters. The molecule has 5 heterocycles. The molecule has 6 aromatic rings. The summed E-state index contributed by atoms with van der Waals surface area (Å²) >= 11 is 1.56. The van der Waals surface area contributed by atoms with Crippen LogP contribution >= 0.6 is 11.3 Å². The maximum absolute atomic E-state index is 13.3. The van der Waals surface area contributed by atoms with Crippen molar-refractivity contribution in [3.63, 3.8) is 0 Å². The average molecular weight is 450 g/mol. The van der Waals surface area contributed by atoms with E-state index in [1.165, 1.54) is 0 Å². The molecule has 0 N–H and O–H groups in total. The Hall–Kier alpha value is -4.30. The lowest BCUT2D eigenvalue weighted by atomic mass is 9.88. The van der Waals surface area contributed by atoms with Crippen LogP contribution in [0.3, 0.4) is 0 Å². The number of thiophene rings is 1. The molecule has 0 radical (unpaired) electrons. The fourth-order valence-electron chi connectivity index (χ4n) is 4.38. The summed E-state index contributed by atoms with van der Waals surface area (Å²) < 4.78 is 13.6. The van der Waals surface area contributed by atoms with Crippen LogP contribution in [0.4, 0.5) is 0 Å². The van der Waals surface area contributed by atoms with Gasteiger partial charge in [-0.05, 0) is 23.6 Å². The Morgan fingerprint density at radius 3 is 2.64 bits per heavy atom. The zero-order valence-electron chi connectivity index (χ0n) is 17.0. The minimum atomic E-state index is -0.436. The van der Waals surface area contributed by atoms with Gasteiger partial charge in [-0.3, -0.25) is 0 Å². The number of para-hydroxylation sites is 1. The molecule has 0 amide bonds. The summed E-state index contributed by atoms with van der Waals surface area (Å²) in [6.07, 6.45) is 1.59. The summed E-state index contributed by atoms with van der Waals surface area (Å²) in [6, 6.07) is 21.1. The van der Waals surface area contributed by atoms with Crippen molar-refractivity contribution >= 4 is 28.0 Å². The normalized spacial score (nSPS) is 14.7. The molecule has 0 bridgehead atoms. The fourth-order valence-corrected chi connectivity index (χ4v) is 5.22. The largest absolute Gasteiger partial charge is 0.437 e. The van der Waals surface area contributed by atoms with Crippen LogP contribution in [0.1, 0.15) is 21.9 Å². The maximum atomic E-state index is 13.3. The lowest BCUT2D eigenvalue weighted by Gasteiger charge is -2.26. The Balaban J connectivity index is 1.56. The van der Waals surface area contributed by atoms with E-state index in [4.69, 9.17) is 14.1 Å². The van der Waals surface area contributed by atoms with Gasteiger partial charge in [0.1, 0.15) is 11.9 Å². The molecular formula is C25H14N4O3S. The maximum Gasteiger partial charge on any atom is 0.344 e. The number of rotatable bonds is 2. The Morgan fingerprint density at radius 2 is 1.79 bits per heavy atom. The molecule has 0 saturated heterocycles. The van der Waals surface area contributed by atoms with Gasteiger partial charge >= 0.3 is 5.63 Å². The number of benzene rings is 2. The first-order valence-electron chi connectivity index (χ1n) is 10.4. The third-order valence-electron chi connectivity index (χ3n) is 5.82. The first-order valence-corrected chi connectivity index (χ1v) is 11.2. The summed E-state index contributed by atoms with van der Waals surface area (Å²) in [7, 11) is 0. The van der Waals surface area contributed by atoms with Gasteiger partial charge in [0.25, 0.3) is 0 Å². The Morgan fingerprint density at radius 1 is 0.939 bits per heavy atom. The quantitative estimate of drug-likeness (QED) is 0.335. The van der Waals surface area contributed by atoms with Gasteiger partial charge < -0.3 is 9.15 Å². The number of ether oxygens (including phenoxy) is 1. The highest BCUT2D eigenvalue weighted by Gasteiger charge is 2.38. The highest BCUT2D eigenvalue weighted by molar-refractivity contribution is 7.10. The van der Waals surface area contributed by atoms with Crippen molar-refractivity contribution in [2.45, 2.75) is 5.92 Å². The first kappa shape index (κ1) is 18.3. The minimum absolute atomic E-state index is 0.413. The molecule has 7 rings (SSSR count). The van der Waals surface area contributed by atoms with Crippen LogP contribution in [-0.2, 0) is 0 Å². The van der Waals surface area contributed by atoms with Gasteiger partial charge in [0.05, 0.1) is 22.4 Å². The second-order valence-corrected chi connectivity index (χ2v) is 8.69.